The third-order valence-corrected chi connectivity index (χ3v) is 4.76. The number of hydrogen-bond donors (Lipinski definition) is 1. The van der Waals surface area contributed by atoms with Gasteiger partial charge in [-0.15, -0.1) is 11.3 Å². The number of rotatable bonds is 2. The first-order valence-corrected chi connectivity index (χ1v) is 7.30. The summed E-state index contributed by atoms with van der Waals surface area (Å²) in [5.74, 6) is 0.146. The topological polar surface area (TPSA) is 62.5 Å². The van der Waals surface area contributed by atoms with E-state index in [-0.39, 0.29) is 5.91 Å². The molecule has 0 aromatic carbocycles. The van der Waals surface area contributed by atoms with Gasteiger partial charge < -0.3 is 15.5 Å². The molecule has 1 amide bonds. The Morgan fingerprint density at radius 1 is 1.33 bits per heavy atom. The fraction of sp³-hybridized carbons (Fsp3) is 0.667. The summed E-state index contributed by atoms with van der Waals surface area (Å²) in [5, 5.41) is 3.03. The van der Waals surface area contributed by atoms with E-state index < -0.39 is 5.54 Å². The van der Waals surface area contributed by atoms with E-state index in [0.29, 0.717) is 0 Å². The number of amides is 1. The van der Waals surface area contributed by atoms with Crippen LogP contribution in [0.1, 0.15) is 19.3 Å². The molecule has 0 spiro atoms. The van der Waals surface area contributed by atoms with Crippen molar-refractivity contribution >= 4 is 22.4 Å². The summed E-state index contributed by atoms with van der Waals surface area (Å²) < 4.78 is 0. The average molecular weight is 266 g/mol. The van der Waals surface area contributed by atoms with E-state index in [0.717, 1.165) is 50.6 Å². The molecule has 18 heavy (non-hydrogen) atoms. The lowest BCUT2D eigenvalue weighted by molar-refractivity contribution is -0.140. The molecule has 2 heterocycles. The van der Waals surface area contributed by atoms with Gasteiger partial charge in [-0.3, -0.25) is 4.79 Å². The quantitative estimate of drug-likeness (QED) is 0.855. The third-order valence-electron chi connectivity index (χ3n) is 3.93. The third kappa shape index (κ3) is 1.99. The van der Waals surface area contributed by atoms with E-state index in [1.165, 1.54) is 0 Å². The van der Waals surface area contributed by atoms with Crippen molar-refractivity contribution in [2.75, 3.05) is 31.1 Å². The van der Waals surface area contributed by atoms with Crippen LogP contribution in [0.4, 0.5) is 5.13 Å². The van der Waals surface area contributed by atoms with Crippen LogP contribution in [0.15, 0.2) is 11.6 Å². The minimum atomic E-state index is -0.552. The van der Waals surface area contributed by atoms with E-state index in [1.807, 2.05) is 16.5 Å². The van der Waals surface area contributed by atoms with Crippen molar-refractivity contribution in [1.82, 2.24) is 9.88 Å². The van der Waals surface area contributed by atoms with Crippen LogP contribution in [0.25, 0.3) is 0 Å². The highest BCUT2D eigenvalue weighted by molar-refractivity contribution is 7.13. The number of carbonyl (C=O) groups is 1. The highest BCUT2D eigenvalue weighted by Crippen LogP contribution is 2.31. The summed E-state index contributed by atoms with van der Waals surface area (Å²) in [6.07, 6.45) is 4.60. The predicted molar refractivity (Wildman–Crippen MR) is 71.7 cm³/mol. The smallest absolute Gasteiger partial charge is 0.242 e. The standard InChI is InChI=1S/C12H18N4OS/c13-12(2-1-3-12)10(17)15-5-7-16(8-6-15)11-14-4-9-18-11/h4,9H,1-3,5-8,13H2. The van der Waals surface area contributed by atoms with Crippen LogP contribution in [-0.2, 0) is 4.79 Å². The molecule has 2 aliphatic rings. The fourth-order valence-electron chi connectivity index (χ4n) is 2.56. The summed E-state index contributed by atoms with van der Waals surface area (Å²) in [6, 6.07) is 0. The summed E-state index contributed by atoms with van der Waals surface area (Å²) in [4.78, 5) is 20.7. The Bertz CT molecular complexity index is 421. The number of nitrogens with zero attached hydrogens (tertiary/aromatic N) is 3. The van der Waals surface area contributed by atoms with Crippen molar-refractivity contribution in [2.45, 2.75) is 24.8 Å². The van der Waals surface area contributed by atoms with Gasteiger partial charge in [-0.05, 0) is 19.3 Å². The van der Waals surface area contributed by atoms with Crippen LogP contribution >= 0.6 is 11.3 Å². The fourth-order valence-corrected chi connectivity index (χ4v) is 3.26. The van der Waals surface area contributed by atoms with Gasteiger partial charge in [0, 0.05) is 37.8 Å². The van der Waals surface area contributed by atoms with Crippen molar-refractivity contribution in [3.8, 4) is 0 Å². The molecule has 1 saturated carbocycles. The summed E-state index contributed by atoms with van der Waals surface area (Å²) in [5.41, 5.74) is 5.54. The monoisotopic (exact) mass is 266 g/mol. The van der Waals surface area contributed by atoms with Crippen molar-refractivity contribution in [3.05, 3.63) is 11.6 Å². The van der Waals surface area contributed by atoms with Gasteiger partial charge in [0.2, 0.25) is 5.91 Å². The molecule has 0 bridgehead atoms. The first kappa shape index (κ1) is 11.9. The molecular weight excluding hydrogens is 248 g/mol. The lowest BCUT2D eigenvalue weighted by atomic mass is 9.76. The van der Waals surface area contributed by atoms with Crippen molar-refractivity contribution in [2.24, 2.45) is 5.73 Å². The SMILES string of the molecule is NC1(C(=O)N2CCN(c3nccs3)CC2)CCC1. The van der Waals surface area contributed by atoms with Gasteiger partial charge in [-0.2, -0.15) is 0 Å². The molecule has 1 aromatic rings. The molecule has 6 heteroatoms. The first-order valence-electron chi connectivity index (χ1n) is 6.42. The molecule has 1 aromatic heterocycles. The van der Waals surface area contributed by atoms with Crippen molar-refractivity contribution in [1.29, 1.82) is 0 Å². The molecule has 1 aliphatic heterocycles. The minimum Gasteiger partial charge on any atom is -0.345 e. The van der Waals surface area contributed by atoms with Gasteiger partial charge in [0.05, 0.1) is 5.54 Å². The Morgan fingerprint density at radius 3 is 2.56 bits per heavy atom. The second-order valence-electron chi connectivity index (χ2n) is 5.10. The number of hydrogen-bond acceptors (Lipinski definition) is 5. The molecular formula is C12H18N4OS. The second kappa shape index (κ2) is 4.51. The van der Waals surface area contributed by atoms with Crippen LogP contribution in [-0.4, -0.2) is 47.5 Å². The number of piperazine rings is 1. The average Bonchev–Trinajstić information content (AvgIpc) is 2.89. The lowest BCUT2D eigenvalue weighted by Crippen LogP contribution is -2.62. The summed E-state index contributed by atoms with van der Waals surface area (Å²) >= 11 is 1.65. The molecule has 2 N–H and O–H groups in total. The van der Waals surface area contributed by atoms with Gasteiger partial charge in [-0.25, -0.2) is 4.98 Å². The maximum absolute atomic E-state index is 12.3. The van der Waals surface area contributed by atoms with Crippen LogP contribution in [0, 0.1) is 0 Å². The normalized spacial score (nSPS) is 22.7. The number of anilines is 1. The van der Waals surface area contributed by atoms with E-state index in [9.17, 15) is 4.79 Å². The van der Waals surface area contributed by atoms with E-state index in [2.05, 4.69) is 9.88 Å². The Morgan fingerprint density at radius 2 is 2.06 bits per heavy atom. The molecule has 98 valence electrons. The Balaban J connectivity index is 1.58. The Kier molecular flexibility index (Phi) is 2.99. The van der Waals surface area contributed by atoms with Crippen LogP contribution in [0.3, 0.4) is 0 Å². The van der Waals surface area contributed by atoms with Crippen LogP contribution < -0.4 is 10.6 Å². The van der Waals surface area contributed by atoms with Crippen molar-refractivity contribution < 1.29 is 4.79 Å². The first-order chi connectivity index (χ1) is 8.69. The highest BCUT2D eigenvalue weighted by atomic mass is 32.1. The number of nitrogens with two attached hydrogens (primary N) is 1. The van der Waals surface area contributed by atoms with E-state index >= 15 is 0 Å². The lowest BCUT2D eigenvalue weighted by Gasteiger charge is -2.43. The molecule has 0 atom stereocenters. The molecule has 2 fully saturated rings. The molecule has 1 saturated heterocycles. The zero-order valence-electron chi connectivity index (χ0n) is 10.3. The second-order valence-corrected chi connectivity index (χ2v) is 5.98. The van der Waals surface area contributed by atoms with Gasteiger partial charge in [0.1, 0.15) is 0 Å². The Hall–Kier alpha value is -1.14. The van der Waals surface area contributed by atoms with Gasteiger partial charge in [0.15, 0.2) is 5.13 Å². The molecule has 1 aliphatic carbocycles. The van der Waals surface area contributed by atoms with Crippen LogP contribution in [0.2, 0.25) is 0 Å². The summed E-state index contributed by atoms with van der Waals surface area (Å²) in [7, 11) is 0. The van der Waals surface area contributed by atoms with Crippen molar-refractivity contribution in [3.63, 3.8) is 0 Å². The predicted octanol–water partition coefficient (Wildman–Crippen LogP) is 0.673. The van der Waals surface area contributed by atoms with Gasteiger partial charge in [0.25, 0.3) is 0 Å². The zero-order chi connectivity index (χ0) is 12.6. The van der Waals surface area contributed by atoms with E-state index in [4.69, 9.17) is 5.73 Å². The maximum Gasteiger partial charge on any atom is 0.242 e. The number of thiazole rings is 1. The largest absolute Gasteiger partial charge is 0.345 e. The Labute approximate surface area is 111 Å². The number of aromatic nitrogens is 1. The highest BCUT2D eigenvalue weighted by Gasteiger charge is 2.43. The van der Waals surface area contributed by atoms with Crippen LogP contribution in [0.5, 0.6) is 0 Å². The van der Waals surface area contributed by atoms with Gasteiger partial charge in [-0.1, -0.05) is 0 Å². The van der Waals surface area contributed by atoms with Gasteiger partial charge >= 0.3 is 0 Å². The van der Waals surface area contributed by atoms with E-state index in [1.54, 1.807) is 11.3 Å². The molecule has 5 nitrogen and oxygen atoms in total. The maximum atomic E-state index is 12.3. The molecule has 3 rings (SSSR count). The number of carbonyl (C=O) groups excluding carboxylic acids is 1. The minimum absolute atomic E-state index is 0.146. The molecule has 0 radical (unpaired) electrons. The summed E-state index contributed by atoms with van der Waals surface area (Å²) in [6.45, 7) is 3.24. The molecule has 0 unspecified atom stereocenters. The zero-order valence-corrected chi connectivity index (χ0v) is 11.2.